The number of rotatable bonds is 7. The van der Waals surface area contributed by atoms with E-state index in [1.54, 1.807) is 32.6 Å². The smallest absolute Gasteiger partial charge is 0.410 e. The number of hydrogen-bond donors (Lipinski definition) is 2. The van der Waals surface area contributed by atoms with E-state index in [0.29, 0.717) is 52.2 Å². The highest BCUT2D eigenvalue weighted by Gasteiger charge is 2.46. The first-order valence-electron chi connectivity index (χ1n) is 16.3. The van der Waals surface area contributed by atoms with Crippen LogP contribution in [0.3, 0.4) is 0 Å². The van der Waals surface area contributed by atoms with Crippen molar-refractivity contribution in [3.63, 3.8) is 0 Å². The van der Waals surface area contributed by atoms with Crippen LogP contribution in [-0.4, -0.2) is 115 Å². The Hall–Kier alpha value is -3.38. The van der Waals surface area contributed by atoms with Gasteiger partial charge in [-0.25, -0.2) is 4.79 Å². The summed E-state index contributed by atoms with van der Waals surface area (Å²) < 4.78 is 16.8. The highest BCUT2D eigenvalue weighted by atomic mass is 16.6. The summed E-state index contributed by atoms with van der Waals surface area (Å²) in [5.74, 6) is -0.320. The van der Waals surface area contributed by atoms with Gasteiger partial charge in [0.1, 0.15) is 29.5 Å². The molecular weight excluding hydrogens is 578 g/mol. The van der Waals surface area contributed by atoms with Crippen molar-refractivity contribution in [1.82, 2.24) is 25.3 Å². The Kier molecular flexibility index (Phi) is 10.2. The van der Waals surface area contributed by atoms with Crippen LogP contribution in [0.5, 0.6) is 5.75 Å². The van der Waals surface area contributed by atoms with Gasteiger partial charge in [0.15, 0.2) is 0 Å². The van der Waals surface area contributed by atoms with Gasteiger partial charge in [0.25, 0.3) is 0 Å². The lowest BCUT2D eigenvalue weighted by molar-refractivity contribution is -0.150. The van der Waals surface area contributed by atoms with Crippen molar-refractivity contribution >= 4 is 23.8 Å². The fourth-order valence-electron chi connectivity index (χ4n) is 6.80. The van der Waals surface area contributed by atoms with Crippen LogP contribution in [-0.2, 0) is 23.9 Å². The van der Waals surface area contributed by atoms with Gasteiger partial charge in [-0.2, -0.15) is 0 Å². The molecule has 4 amide bonds. The summed E-state index contributed by atoms with van der Waals surface area (Å²) in [6.07, 6.45) is 3.20. The van der Waals surface area contributed by atoms with Crippen LogP contribution < -0.4 is 15.4 Å². The number of ether oxygens (including phenoxy) is 3. The quantitative estimate of drug-likeness (QED) is 0.472. The van der Waals surface area contributed by atoms with Crippen LogP contribution in [0.25, 0.3) is 0 Å². The van der Waals surface area contributed by atoms with Crippen molar-refractivity contribution in [3.05, 3.63) is 29.8 Å². The van der Waals surface area contributed by atoms with Crippen LogP contribution in [0.15, 0.2) is 24.3 Å². The first-order valence-corrected chi connectivity index (χ1v) is 16.3. The average molecular weight is 628 g/mol. The molecule has 3 saturated heterocycles. The highest BCUT2D eigenvalue weighted by molar-refractivity contribution is 5.94. The fourth-order valence-corrected chi connectivity index (χ4v) is 6.80. The van der Waals surface area contributed by atoms with Crippen LogP contribution in [0.2, 0.25) is 0 Å². The first-order chi connectivity index (χ1) is 21.4. The maximum Gasteiger partial charge on any atom is 0.410 e. The molecule has 4 aliphatic rings. The minimum Gasteiger partial charge on any atom is -0.493 e. The number of para-hydroxylation sites is 1. The lowest BCUT2D eigenvalue weighted by Gasteiger charge is -2.45. The minimum atomic E-state index is -0.880. The van der Waals surface area contributed by atoms with Gasteiger partial charge in [0.05, 0.1) is 12.6 Å². The molecule has 1 aromatic rings. The zero-order chi connectivity index (χ0) is 32.3. The van der Waals surface area contributed by atoms with Crippen molar-refractivity contribution in [3.8, 4) is 5.75 Å². The summed E-state index contributed by atoms with van der Waals surface area (Å²) in [6.45, 7) is 10.1. The molecule has 12 heteroatoms. The van der Waals surface area contributed by atoms with E-state index in [4.69, 9.17) is 14.2 Å². The molecule has 0 radical (unpaired) electrons. The van der Waals surface area contributed by atoms with Crippen molar-refractivity contribution < 1.29 is 33.4 Å². The van der Waals surface area contributed by atoms with Gasteiger partial charge in [-0.3, -0.25) is 24.2 Å². The number of nitrogens with zero attached hydrogens (tertiary/aromatic N) is 3. The summed E-state index contributed by atoms with van der Waals surface area (Å²) in [4.78, 5) is 60.2. The third kappa shape index (κ3) is 7.71. The minimum absolute atomic E-state index is 0.165. The topological polar surface area (TPSA) is 130 Å². The Morgan fingerprint density at radius 2 is 1.76 bits per heavy atom. The molecule has 45 heavy (non-hydrogen) atoms. The van der Waals surface area contributed by atoms with E-state index in [0.717, 1.165) is 30.7 Å². The number of hydrogen-bond acceptors (Lipinski definition) is 8. The number of nitrogens with one attached hydrogen (secondary N) is 2. The molecule has 0 bridgehead atoms. The monoisotopic (exact) mass is 627 g/mol. The lowest BCUT2D eigenvalue weighted by atomic mass is 9.89. The number of carbonyl (C=O) groups is 4. The van der Waals surface area contributed by atoms with E-state index >= 15 is 0 Å². The molecule has 5 atom stereocenters. The molecule has 4 heterocycles. The molecule has 4 aliphatic heterocycles. The van der Waals surface area contributed by atoms with Crippen molar-refractivity contribution in [2.45, 2.75) is 95.6 Å². The normalized spacial score (nSPS) is 25.2. The van der Waals surface area contributed by atoms with Gasteiger partial charge in [0, 0.05) is 51.4 Å². The third-order valence-electron chi connectivity index (χ3n) is 9.49. The van der Waals surface area contributed by atoms with Crippen molar-refractivity contribution in [1.29, 1.82) is 0 Å². The van der Waals surface area contributed by atoms with E-state index < -0.39 is 35.7 Å². The number of amides is 4. The highest BCUT2D eigenvalue weighted by Crippen LogP contribution is 2.33. The Labute approximate surface area is 266 Å². The van der Waals surface area contributed by atoms with E-state index in [-0.39, 0.29) is 29.8 Å². The zero-order valence-corrected chi connectivity index (χ0v) is 27.3. The fraction of sp³-hybridized carbons (Fsp3) is 0.697. The summed E-state index contributed by atoms with van der Waals surface area (Å²) in [6, 6.07) is 5.22. The number of carbonyl (C=O) groups excluding carboxylic acids is 4. The molecule has 1 aromatic carbocycles. The third-order valence-corrected chi connectivity index (χ3v) is 9.49. The predicted octanol–water partition coefficient (Wildman–Crippen LogP) is 2.47. The van der Waals surface area contributed by atoms with Crippen molar-refractivity contribution in [2.24, 2.45) is 5.92 Å². The Morgan fingerprint density at radius 3 is 2.49 bits per heavy atom. The van der Waals surface area contributed by atoms with Gasteiger partial charge in [0.2, 0.25) is 17.7 Å². The molecule has 0 saturated carbocycles. The SMILES string of the molecule is C[C@@H](C(=O)N[C@H](C(=O)N1C[C@H]2CCCN2C[C@H]1C(=O)N[C@@H]1CCOc2ccccc21)C1CCOCC1)N(C)C(=O)OC(C)(C)C. The number of likely N-dealkylation sites (N-methyl/N-ethyl adjacent to an activating group) is 1. The number of piperazine rings is 1. The van der Waals surface area contributed by atoms with E-state index in [2.05, 4.69) is 15.5 Å². The molecule has 0 aliphatic carbocycles. The summed E-state index contributed by atoms with van der Waals surface area (Å²) in [7, 11) is 1.51. The standard InChI is InChI=1S/C33H49N5O7/c1-21(36(5)32(42)45-33(2,3)4)29(39)35-28(22-12-16-43-17-13-22)31(41)38-19-23-9-8-15-37(23)20-26(38)30(40)34-25-14-18-44-27-11-7-6-10-24(25)27/h6-7,10-11,21-23,25-26,28H,8-9,12-20H2,1-5H3,(H,34,40)(H,35,39)/t21-,23+,25+,26-,28-/m0/s1. The number of benzene rings is 1. The summed E-state index contributed by atoms with van der Waals surface area (Å²) >= 11 is 0. The van der Waals surface area contributed by atoms with Crippen LogP contribution in [0, 0.1) is 5.92 Å². The molecule has 2 N–H and O–H groups in total. The van der Waals surface area contributed by atoms with Crippen LogP contribution >= 0.6 is 0 Å². The zero-order valence-electron chi connectivity index (χ0n) is 27.3. The Balaban J connectivity index is 1.36. The second kappa shape index (κ2) is 13.9. The lowest BCUT2D eigenvalue weighted by Crippen LogP contribution is -2.66. The van der Waals surface area contributed by atoms with Gasteiger partial charge < -0.3 is 29.7 Å². The molecule has 0 aromatic heterocycles. The molecule has 0 spiro atoms. The molecule has 12 nitrogen and oxygen atoms in total. The maximum atomic E-state index is 14.6. The molecule has 0 unspecified atom stereocenters. The van der Waals surface area contributed by atoms with E-state index in [1.165, 1.54) is 11.9 Å². The molecular formula is C33H49N5O7. The van der Waals surface area contributed by atoms with Gasteiger partial charge in [-0.1, -0.05) is 18.2 Å². The predicted molar refractivity (Wildman–Crippen MR) is 166 cm³/mol. The second-order valence-corrected chi connectivity index (χ2v) is 13.7. The first kappa shape index (κ1) is 33.0. The Bertz CT molecular complexity index is 1250. The van der Waals surface area contributed by atoms with Crippen molar-refractivity contribution in [2.75, 3.05) is 46.5 Å². The second-order valence-electron chi connectivity index (χ2n) is 13.7. The molecule has 248 valence electrons. The Morgan fingerprint density at radius 1 is 1.02 bits per heavy atom. The largest absolute Gasteiger partial charge is 0.493 e. The molecule has 5 rings (SSSR count). The van der Waals surface area contributed by atoms with E-state index in [9.17, 15) is 19.2 Å². The summed E-state index contributed by atoms with van der Waals surface area (Å²) in [5, 5.41) is 6.23. The van der Waals surface area contributed by atoms with Gasteiger partial charge in [-0.15, -0.1) is 0 Å². The number of fused-ring (bicyclic) bond motifs is 2. The maximum absolute atomic E-state index is 14.6. The van der Waals surface area contributed by atoms with E-state index in [1.807, 2.05) is 24.3 Å². The average Bonchev–Trinajstić information content (AvgIpc) is 3.49. The van der Waals surface area contributed by atoms with Gasteiger partial charge >= 0.3 is 6.09 Å². The van der Waals surface area contributed by atoms with Gasteiger partial charge in [-0.05, 0) is 71.9 Å². The van der Waals surface area contributed by atoms with Crippen LogP contribution in [0.4, 0.5) is 4.79 Å². The summed E-state index contributed by atoms with van der Waals surface area (Å²) in [5.41, 5.74) is 0.215. The molecule has 3 fully saturated rings. The van der Waals surface area contributed by atoms with Crippen LogP contribution in [0.1, 0.15) is 71.4 Å².